The Hall–Kier alpha value is -5.64. The lowest BCUT2D eigenvalue weighted by Crippen LogP contribution is -2.24. The van der Waals surface area contributed by atoms with E-state index in [1.807, 2.05) is 49.6 Å². The van der Waals surface area contributed by atoms with Crippen LogP contribution in [0.25, 0.3) is 33.0 Å². The molecule has 6 aromatic rings. The molecule has 0 spiro atoms. The summed E-state index contributed by atoms with van der Waals surface area (Å²) >= 11 is 15.7. The third-order valence-corrected chi connectivity index (χ3v) is 12.5. The molecule has 3 N–H and O–H groups in total. The van der Waals surface area contributed by atoms with Crippen LogP contribution in [0.15, 0.2) is 85.5 Å². The molecule has 0 saturated carbocycles. The van der Waals surface area contributed by atoms with Crippen molar-refractivity contribution in [3.05, 3.63) is 128 Å². The fourth-order valence-electron chi connectivity index (χ4n) is 6.51. The Morgan fingerprint density at radius 3 is 1.67 bits per heavy atom. The quantitative estimate of drug-likeness (QED) is 0.0892. The van der Waals surface area contributed by atoms with Crippen LogP contribution in [0.3, 0.4) is 0 Å². The molecule has 61 heavy (non-hydrogen) atoms. The summed E-state index contributed by atoms with van der Waals surface area (Å²) in [5, 5.41) is 17.4. The van der Waals surface area contributed by atoms with Gasteiger partial charge in [0.05, 0.1) is 32.2 Å². The van der Waals surface area contributed by atoms with E-state index in [4.69, 9.17) is 43.5 Å². The van der Waals surface area contributed by atoms with Gasteiger partial charge in [0.25, 0.3) is 0 Å². The van der Waals surface area contributed by atoms with Crippen molar-refractivity contribution in [2.45, 2.75) is 51.7 Å². The lowest BCUT2D eigenvalue weighted by Gasteiger charge is -2.10. The van der Waals surface area contributed by atoms with E-state index in [0.29, 0.717) is 41.6 Å². The van der Waals surface area contributed by atoms with Gasteiger partial charge in [0.1, 0.15) is 23.7 Å². The summed E-state index contributed by atoms with van der Waals surface area (Å²) in [5.74, 6) is 0.694. The summed E-state index contributed by atoms with van der Waals surface area (Å²) in [5.41, 5.74) is 11.5. The molecule has 8 rings (SSSR count). The zero-order valence-electron chi connectivity index (χ0n) is 33.8. The fourth-order valence-corrected chi connectivity index (χ4v) is 8.86. The number of hydrogen-bond donors (Lipinski definition) is 2. The predicted molar refractivity (Wildman–Crippen MR) is 241 cm³/mol. The zero-order chi connectivity index (χ0) is 43.8. The maximum atomic E-state index is 12.2. The molecule has 2 aliphatic rings. The first-order valence-corrected chi connectivity index (χ1v) is 21.5. The molecule has 2 aromatic carbocycles. The predicted octanol–water partition coefficient (Wildman–Crippen LogP) is 9.42. The molecular formula is C45H43Cl2N5O7S2. The van der Waals surface area contributed by atoms with E-state index < -0.39 is 5.97 Å². The van der Waals surface area contributed by atoms with Crippen LogP contribution in [0.4, 0.5) is 0 Å². The molecule has 316 valence electrons. The number of benzene rings is 2. The summed E-state index contributed by atoms with van der Waals surface area (Å²) in [6.07, 6.45) is 15.3. The van der Waals surface area contributed by atoms with E-state index in [1.165, 1.54) is 28.7 Å². The molecule has 0 amide bonds. The number of nitrogens with zero attached hydrogens (tertiary/aromatic N) is 4. The number of carbonyl (C=O) groups is 4. The minimum absolute atomic E-state index is 0.00821. The maximum Gasteiger partial charge on any atom is 0.328 e. The standard InChI is InChI=1S/C23H21ClN2O3S.C15H14ClNO2S.C7H8N2O2/c1-14(27)21-7-8-22(30-21)16-9-17-10-19(29-23(17)20(24)11-16)6-5-18(28)4-3-15-12-25-26(2)13-15;1-8(18)13-2-3-14(20-13)9-4-10-5-11(7-17)19-15(10)12(16)6-9;1-9-5-6(4-8-9)2-3-7(10)11/h3-4,7-9,11-13,19H,5-6,10H2,1-2H3;2-4,6,11H,5,7,17H2,1H3;2-5H,1H3,(H,10,11)/b4-3+;;3-2+. The van der Waals surface area contributed by atoms with Gasteiger partial charge in [0.15, 0.2) is 17.3 Å². The minimum atomic E-state index is -0.950. The van der Waals surface area contributed by atoms with E-state index in [-0.39, 0.29) is 29.6 Å². The topological polar surface area (TPSA) is 169 Å². The first-order chi connectivity index (χ1) is 29.1. The van der Waals surface area contributed by atoms with E-state index >= 15 is 0 Å². The van der Waals surface area contributed by atoms with Crippen molar-refractivity contribution in [3.8, 4) is 32.4 Å². The van der Waals surface area contributed by atoms with Crippen LogP contribution in [-0.4, -0.2) is 66.7 Å². The highest BCUT2D eigenvalue weighted by Crippen LogP contribution is 2.43. The Morgan fingerprint density at radius 1 is 0.770 bits per heavy atom. The number of rotatable bonds is 12. The fraction of sp³-hybridized carbons (Fsp3) is 0.244. The molecule has 0 radical (unpaired) electrons. The first-order valence-electron chi connectivity index (χ1n) is 19.2. The van der Waals surface area contributed by atoms with Gasteiger partial charge in [-0.05, 0) is 98.2 Å². The number of carbonyl (C=O) groups excluding carboxylic acids is 3. The molecule has 2 unspecified atom stereocenters. The van der Waals surface area contributed by atoms with Gasteiger partial charge < -0.3 is 20.3 Å². The van der Waals surface area contributed by atoms with Crippen LogP contribution < -0.4 is 15.2 Å². The van der Waals surface area contributed by atoms with Crippen molar-refractivity contribution in [1.82, 2.24) is 19.6 Å². The molecule has 0 bridgehead atoms. The van der Waals surface area contributed by atoms with E-state index in [2.05, 4.69) is 22.3 Å². The molecule has 16 heteroatoms. The number of aryl methyl sites for hydroxylation is 2. The second-order valence-electron chi connectivity index (χ2n) is 14.4. The van der Waals surface area contributed by atoms with Gasteiger partial charge in [-0.1, -0.05) is 23.2 Å². The Balaban J connectivity index is 0.000000172. The van der Waals surface area contributed by atoms with Crippen molar-refractivity contribution in [2.75, 3.05) is 6.54 Å². The Kier molecular flexibility index (Phi) is 14.9. The monoisotopic (exact) mass is 899 g/mol. The number of thiophene rings is 2. The number of allylic oxidation sites excluding steroid dienone is 1. The normalized spacial score (nSPS) is 15.0. The number of fused-ring (bicyclic) bond motifs is 2. The molecule has 0 saturated heterocycles. The summed E-state index contributed by atoms with van der Waals surface area (Å²) in [6.45, 7) is 3.62. The molecule has 0 aliphatic carbocycles. The Morgan fingerprint density at radius 2 is 1.25 bits per heavy atom. The second-order valence-corrected chi connectivity index (χ2v) is 17.3. The maximum absolute atomic E-state index is 12.2. The van der Waals surface area contributed by atoms with Crippen LogP contribution in [0.5, 0.6) is 11.5 Å². The number of hydrogen-bond acceptors (Lipinski definition) is 11. The molecule has 2 aliphatic heterocycles. The summed E-state index contributed by atoms with van der Waals surface area (Å²) in [4.78, 5) is 48.7. The van der Waals surface area contributed by atoms with Crippen LogP contribution >= 0.6 is 45.9 Å². The van der Waals surface area contributed by atoms with E-state index in [1.54, 1.807) is 61.0 Å². The first kappa shape index (κ1) is 44.9. The van der Waals surface area contributed by atoms with Crippen molar-refractivity contribution in [1.29, 1.82) is 0 Å². The summed E-state index contributed by atoms with van der Waals surface area (Å²) < 4.78 is 15.0. The third kappa shape index (κ3) is 12.0. The number of carboxylic acids is 1. The van der Waals surface area contributed by atoms with Gasteiger partial charge in [-0.15, -0.1) is 22.7 Å². The highest BCUT2D eigenvalue weighted by Gasteiger charge is 2.27. The van der Waals surface area contributed by atoms with Gasteiger partial charge in [0.2, 0.25) is 0 Å². The van der Waals surface area contributed by atoms with Crippen molar-refractivity contribution in [2.24, 2.45) is 19.8 Å². The average molecular weight is 901 g/mol. The second kappa shape index (κ2) is 20.3. The van der Waals surface area contributed by atoms with Crippen molar-refractivity contribution >= 4 is 81.3 Å². The summed E-state index contributed by atoms with van der Waals surface area (Å²) in [7, 11) is 3.61. The number of Topliss-reactive ketones (excluding diaryl/α,β-unsaturated/α-hetero) is 2. The van der Waals surface area contributed by atoms with Crippen LogP contribution in [0.2, 0.25) is 10.0 Å². The van der Waals surface area contributed by atoms with Gasteiger partial charge in [-0.2, -0.15) is 10.2 Å². The highest BCUT2D eigenvalue weighted by atomic mass is 35.5. The van der Waals surface area contributed by atoms with Gasteiger partial charge in [-0.25, -0.2) is 4.79 Å². The van der Waals surface area contributed by atoms with Crippen LogP contribution in [-0.2, 0) is 36.5 Å². The largest absolute Gasteiger partial charge is 0.488 e. The van der Waals surface area contributed by atoms with Crippen LogP contribution in [0, 0.1) is 0 Å². The van der Waals surface area contributed by atoms with Crippen LogP contribution in [0.1, 0.15) is 68.3 Å². The molecule has 6 heterocycles. The van der Waals surface area contributed by atoms with Gasteiger partial charge in [0, 0.05) is 90.4 Å². The number of aliphatic carboxylic acids is 1. The molecule has 2 atom stereocenters. The van der Waals surface area contributed by atoms with Crippen molar-refractivity contribution < 1.29 is 33.8 Å². The smallest absolute Gasteiger partial charge is 0.328 e. The lowest BCUT2D eigenvalue weighted by atomic mass is 10.0. The number of halogens is 2. The van der Waals surface area contributed by atoms with E-state index in [0.717, 1.165) is 71.1 Å². The third-order valence-electron chi connectivity index (χ3n) is 9.49. The zero-order valence-corrected chi connectivity index (χ0v) is 36.9. The number of nitrogens with two attached hydrogens (primary N) is 1. The number of aromatic nitrogens is 4. The van der Waals surface area contributed by atoms with E-state index in [9.17, 15) is 19.2 Å². The minimum Gasteiger partial charge on any atom is -0.488 e. The highest BCUT2D eigenvalue weighted by molar-refractivity contribution is 7.17. The SMILES string of the molecule is CC(=O)c1ccc(-c2cc(Cl)c3c(c2)CC(CCC(=O)/C=C/c2cnn(C)c2)O3)s1.CC(=O)c1ccc(-c2cc(Cl)c3c(c2)CC(CN)O3)s1.Cn1cc(/C=C/C(=O)O)cn1. The summed E-state index contributed by atoms with van der Waals surface area (Å²) in [6, 6.07) is 15.5. The molecular weight excluding hydrogens is 858 g/mol. The number of ether oxygens (including phenoxy) is 2. The number of carboxylic acid groups (broad SMARTS) is 1. The van der Waals surface area contributed by atoms with Crippen molar-refractivity contribution in [3.63, 3.8) is 0 Å². The van der Waals surface area contributed by atoms with Gasteiger partial charge in [-0.3, -0.25) is 23.7 Å². The Bertz CT molecular complexity index is 2640. The number of ketones is 3. The molecule has 0 fully saturated rings. The van der Waals surface area contributed by atoms with Gasteiger partial charge >= 0.3 is 5.97 Å². The lowest BCUT2D eigenvalue weighted by molar-refractivity contribution is -0.131. The Labute approximate surface area is 370 Å². The molecule has 4 aromatic heterocycles. The molecule has 12 nitrogen and oxygen atoms in total. The average Bonchev–Trinajstić information content (AvgIpc) is 4.07.